The first-order valence-corrected chi connectivity index (χ1v) is 27.4. The van der Waals surface area contributed by atoms with Gasteiger partial charge in [-0.15, -0.1) is 0 Å². The lowest BCUT2D eigenvalue weighted by molar-refractivity contribution is -0.870. The molecule has 2 N–H and O–H groups in total. The molecule has 0 aliphatic rings. The van der Waals surface area contributed by atoms with Gasteiger partial charge in [0.25, 0.3) is 7.82 Å². The minimum Gasteiger partial charge on any atom is -0.756 e. The van der Waals surface area contributed by atoms with Crippen LogP contribution >= 0.6 is 7.82 Å². The van der Waals surface area contributed by atoms with E-state index in [2.05, 4.69) is 129 Å². The number of likely N-dealkylation sites (N-methyl/N-ethyl adjacent to an activating group) is 1. The third-order valence-electron chi connectivity index (χ3n) is 10.7. The summed E-state index contributed by atoms with van der Waals surface area (Å²) >= 11 is 0. The second-order valence-electron chi connectivity index (χ2n) is 18.1. The molecule has 0 radical (unpaired) electrons. The van der Waals surface area contributed by atoms with Gasteiger partial charge in [0, 0.05) is 6.42 Å². The van der Waals surface area contributed by atoms with E-state index in [1.165, 1.54) is 51.4 Å². The first kappa shape index (κ1) is 62.9. The maximum absolute atomic E-state index is 12.8. The number of quaternary nitrogens is 1. The normalized spacial score (nSPS) is 15.1. The van der Waals surface area contributed by atoms with Gasteiger partial charge in [0.2, 0.25) is 5.91 Å². The number of phosphoric acid groups is 1. The predicted octanol–water partition coefficient (Wildman–Crippen LogP) is 14.8. The summed E-state index contributed by atoms with van der Waals surface area (Å²) in [5.74, 6) is -0.215. The van der Waals surface area contributed by atoms with Crippen LogP contribution in [0.3, 0.4) is 0 Å². The van der Waals surface area contributed by atoms with E-state index in [1.54, 1.807) is 6.08 Å². The van der Waals surface area contributed by atoms with E-state index in [-0.39, 0.29) is 12.5 Å². The van der Waals surface area contributed by atoms with E-state index < -0.39 is 26.6 Å². The highest BCUT2D eigenvalue weighted by atomic mass is 31.2. The van der Waals surface area contributed by atoms with Crippen LogP contribution in [-0.4, -0.2) is 68.5 Å². The summed E-state index contributed by atoms with van der Waals surface area (Å²) in [6.07, 6.45) is 70.1. The Hall–Kier alpha value is -3.10. The lowest BCUT2D eigenvalue weighted by atomic mass is 10.1. The molecule has 0 aliphatic heterocycles. The van der Waals surface area contributed by atoms with Gasteiger partial charge in [0.1, 0.15) is 13.2 Å². The highest BCUT2D eigenvalue weighted by molar-refractivity contribution is 7.45. The number of hydrogen-bond acceptors (Lipinski definition) is 6. The van der Waals surface area contributed by atoms with E-state index in [9.17, 15) is 19.4 Å². The van der Waals surface area contributed by atoms with Crippen LogP contribution in [0.1, 0.15) is 181 Å². The summed E-state index contributed by atoms with van der Waals surface area (Å²) in [4.78, 5) is 25.2. The molecule has 66 heavy (non-hydrogen) atoms. The Morgan fingerprint density at radius 1 is 0.545 bits per heavy atom. The van der Waals surface area contributed by atoms with E-state index in [1.807, 2.05) is 27.2 Å². The molecule has 0 saturated carbocycles. The van der Waals surface area contributed by atoms with E-state index >= 15 is 0 Å². The molecule has 0 saturated heterocycles. The van der Waals surface area contributed by atoms with Crippen molar-refractivity contribution in [1.29, 1.82) is 0 Å². The molecule has 8 nitrogen and oxygen atoms in total. The van der Waals surface area contributed by atoms with Gasteiger partial charge in [0.15, 0.2) is 0 Å². The van der Waals surface area contributed by atoms with Crippen molar-refractivity contribution < 1.29 is 32.9 Å². The maximum atomic E-state index is 12.8. The molecule has 0 spiro atoms. The standard InChI is InChI=1S/C57H97N2O6P/c1-6-8-10-12-14-15-16-17-18-19-20-21-22-23-24-25-26-27-28-29-30-31-32-33-34-35-36-37-38-39-40-41-42-43-45-47-49-51-57(61)58-55(56(60)50-48-46-44-13-11-9-7-2)54-65-66(62,63)64-53-52-59(3,4)5/h8,10,14-15,17-18,20-21,23-24,26-27,29-30,32-33,35-36,48,50,55-56,60H,6-7,9,11-13,16,19,22,25,28,31,34,37-47,49,51-54H2,1-5H3,(H-,58,61,62,63)/b10-8-,15-14-,18-17-,21-20-,24-23-,27-26-,30-29-,33-32-,36-35-,50-48+. The zero-order valence-electron chi connectivity index (χ0n) is 42.6. The molecule has 0 rings (SSSR count). The van der Waals surface area contributed by atoms with Crippen LogP contribution in [0.2, 0.25) is 0 Å². The summed E-state index contributed by atoms with van der Waals surface area (Å²) in [5, 5.41) is 13.7. The van der Waals surface area contributed by atoms with Gasteiger partial charge < -0.3 is 28.8 Å². The molecule has 1 amide bonds. The van der Waals surface area contributed by atoms with Crippen molar-refractivity contribution in [3.05, 3.63) is 122 Å². The Bertz CT molecular complexity index is 1480. The molecule has 0 aromatic carbocycles. The number of phosphoric ester groups is 1. The number of nitrogens with zero attached hydrogens (tertiary/aromatic N) is 1. The highest BCUT2D eigenvalue weighted by Crippen LogP contribution is 2.38. The number of aliphatic hydroxyl groups excluding tert-OH is 1. The van der Waals surface area contributed by atoms with Gasteiger partial charge in [0.05, 0.1) is 39.9 Å². The summed E-state index contributed by atoms with van der Waals surface area (Å²) in [7, 11) is 1.23. The maximum Gasteiger partial charge on any atom is 0.268 e. The summed E-state index contributed by atoms with van der Waals surface area (Å²) in [6, 6.07) is -0.894. The van der Waals surface area contributed by atoms with E-state index in [4.69, 9.17) is 9.05 Å². The fourth-order valence-corrected chi connectivity index (χ4v) is 7.34. The quantitative estimate of drug-likeness (QED) is 0.0273. The fourth-order valence-electron chi connectivity index (χ4n) is 6.61. The number of aliphatic hydroxyl groups is 1. The highest BCUT2D eigenvalue weighted by Gasteiger charge is 2.23. The van der Waals surface area contributed by atoms with Crippen LogP contribution < -0.4 is 10.2 Å². The lowest BCUT2D eigenvalue weighted by Crippen LogP contribution is -2.45. The van der Waals surface area contributed by atoms with Gasteiger partial charge in [-0.3, -0.25) is 9.36 Å². The zero-order valence-corrected chi connectivity index (χ0v) is 43.5. The van der Waals surface area contributed by atoms with E-state index in [0.717, 1.165) is 109 Å². The molecule has 0 aromatic heterocycles. The first-order chi connectivity index (χ1) is 32.0. The topological polar surface area (TPSA) is 108 Å². The van der Waals surface area contributed by atoms with Crippen LogP contribution in [0.15, 0.2) is 122 Å². The Morgan fingerprint density at radius 3 is 1.35 bits per heavy atom. The minimum atomic E-state index is -4.59. The fraction of sp³-hybridized carbons (Fsp3) is 0.632. The van der Waals surface area contributed by atoms with Crippen molar-refractivity contribution in [3.8, 4) is 0 Å². The smallest absolute Gasteiger partial charge is 0.268 e. The van der Waals surface area contributed by atoms with Gasteiger partial charge >= 0.3 is 0 Å². The molecule has 3 unspecified atom stereocenters. The van der Waals surface area contributed by atoms with Crippen LogP contribution in [0, 0.1) is 0 Å². The second-order valence-corrected chi connectivity index (χ2v) is 19.6. The largest absolute Gasteiger partial charge is 0.756 e. The Balaban J connectivity index is 4.03. The average Bonchev–Trinajstić information content (AvgIpc) is 3.28. The van der Waals surface area contributed by atoms with Crippen molar-refractivity contribution >= 4 is 13.7 Å². The molecule has 0 bridgehead atoms. The Morgan fingerprint density at radius 2 is 0.924 bits per heavy atom. The van der Waals surface area contributed by atoms with Crippen LogP contribution in [0.25, 0.3) is 0 Å². The number of hydrogen-bond donors (Lipinski definition) is 2. The van der Waals surface area contributed by atoms with Crippen molar-refractivity contribution in [2.75, 3.05) is 40.9 Å². The van der Waals surface area contributed by atoms with Crippen LogP contribution in [-0.2, 0) is 18.4 Å². The summed E-state index contributed by atoms with van der Waals surface area (Å²) in [5.41, 5.74) is 0. The molecule has 9 heteroatoms. The van der Waals surface area contributed by atoms with E-state index in [0.29, 0.717) is 17.4 Å². The number of unbranched alkanes of at least 4 members (excludes halogenated alkanes) is 14. The van der Waals surface area contributed by atoms with Crippen molar-refractivity contribution in [2.24, 2.45) is 0 Å². The second kappa shape index (κ2) is 47.0. The number of allylic oxidation sites excluding steroid dienone is 19. The van der Waals surface area contributed by atoms with Crippen molar-refractivity contribution in [2.45, 2.75) is 193 Å². The predicted molar refractivity (Wildman–Crippen MR) is 283 cm³/mol. The molecule has 0 heterocycles. The van der Waals surface area contributed by atoms with Gasteiger partial charge in [-0.25, -0.2) is 0 Å². The molecule has 376 valence electrons. The lowest BCUT2D eigenvalue weighted by Gasteiger charge is -2.29. The van der Waals surface area contributed by atoms with Crippen molar-refractivity contribution in [1.82, 2.24) is 5.32 Å². The monoisotopic (exact) mass is 937 g/mol. The number of carbonyl (C=O) groups excluding carboxylic acids is 1. The zero-order chi connectivity index (χ0) is 48.5. The SMILES string of the molecule is CC/C=C\C/C=C\C/C=C\C/C=C\C/C=C\C/C=C\C/C=C\C/C=C\C/C=C\CCCCCCCCCCCC(=O)NC(COP(=O)([O-])OCC[N+](C)(C)C)C(O)/C=C/CCCCCCC. The van der Waals surface area contributed by atoms with Crippen LogP contribution in [0.5, 0.6) is 0 Å². The molecule has 0 aliphatic carbocycles. The minimum absolute atomic E-state index is 0.00872. The Kier molecular flexibility index (Phi) is 44.8. The average molecular weight is 937 g/mol. The number of amides is 1. The summed E-state index contributed by atoms with van der Waals surface area (Å²) in [6.45, 7) is 4.43. The van der Waals surface area contributed by atoms with Gasteiger partial charge in [-0.1, -0.05) is 206 Å². The first-order valence-electron chi connectivity index (χ1n) is 25.9. The third kappa shape index (κ3) is 48.8. The number of rotatable bonds is 45. The molecular formula is C57H97N2O6P. The molecule has 3 atom stereocenters. The Labute approximate surface area is 405 Å². The van der Waals surface area contributed by atoms with Crippen LogP contribution in [0.4, 0.5) is 0 Å². The molecular weight excluding hydrogens is 840 g/mol. The van der Waals surface area contributed by atoms with Crippen molar-refractivity contribution in [3.63, 3.8) is 0 Å². The van der Waals surface area contributed by atoms with Gasteiger partial charge in [-0.05, 0) is 89.9 Å². The number of carbonyl (C=O) groups is 1. The molecule has 0 aromatic rings. The summed E-state index contributed by atoms with van der Waals surface area (Å²) < 4.78 is 23.1. The molecule has 0 fully saturated rings. The third-order valence-corrected chi connectivity index (χ3v) is 11.6. The number of nitrogens with one attached hydrogen (secondary N) is 1. The van der Waals surface area contributed by atoms with Gasteiger partial charge in [-0.2, -0.15) is 0 Å².